The minimum Gasteiger partial charge on any atom is -0.384 e. The fourth-order valence-corrected chi connectivity index (χ4v) is 3.71. The van der Waals surface area contributed by atoms with Gasteiger partial charge in [0.25, 0.3) is 0 Å². The second-order valence-corrected chi connectivity index (χ2v) is 6.91. The molecule has 0 saturated carbocycles. The van der Waals surface area contributed by atoms with Gasteiger partial charge in [0.1, 0.15) is 6.61 Å². The van der Waals surface area contributed by atoms with E-state index in [1.807, 2.05) is 16.8 Å². The normalized spacial score (nSPS) is 11.0. The zero-order valence-electron chi connectivity index (χ0n) is 11.5. The highest BCUT2D eigenvalue weighted by atomic mass is 32.2. The Balaban J connectivity index is 2.26. The molecule has 4 nitrogen and oxygen atoms in total. The van der Waals surface area contributed by atoms with Gasteiger partial charge in [0.2, 0.25) is 10.0 Å². The molecule has 0 saturated heterocycles. The molecule has 1 aromatic heterocycles. The second-order valence-electron chi connectivity index (χ2n) is 4.40. The quantitative estimate of drug-likeness (QED) is 0.845. The van der Waals surface area contributed by atoms with Crippen molar-refractivity contribution in [2.24, 2.45) is 0 Å². The molecule has 0 atom stereocenters. The van der Waals surface area contributed by atoms with Crippen LogP contribution in [0.3, 0.4) is 0 Å². The van der Waals surface area contributed by atoms with Crippen LogP contribution in [0.25, 0.3) is 0 Å². The van der Waals surface area contributed by atoms with Crippen molar-refractivity contribution in [1.82, 2.24) is 4.72 Å². The standard InChI is InChI=1S/C15H15NO3S2/c1-12-4-5-13(3-2-7-17)9-15(12)21(18,19)16-10-14-6-8-20-11-14/h4-6,8-9,11,16-17H,7,10H2,1H3. The molecule has 21 heavy (non-hydrogen) atoms. The number of nitrogens with one attached hydrogen (secondary N) is 1. The van der Waals surface area contributed by atoms with Crippen molar-refractivity contribution in [3.8, 4) is 11.8 Å². The van der Waals surface area contributed by atoms with Crippen molar-refractivity contribution in [2.45, 2.75) is 18.4 Å². The van der Waals surface area contributed by atoms with E-state index in [9.17, 15) is 8.42 Å². The predicted molar refractivity (Wildman–Crippen MR) is 83.5 cm³/mol. The molecule has 0 aliphatic rings. The van der Waals surface area contributed by atoms with E-state index in [-0.39, 0.29) is 18.0 Å². The maximum Gasteiger partial charge on any atom is 0.241 e. The largest absolute Gasteiger partial charge is 0.384 e. The van der Waals surface area contributed by atoms with Crippen LogP contribution >= 0.6 is 11.3 Å². The van der Waals surface area contributed by atoms with Gasteiger partial charge in [0, 0.05) is 12.1 Å². The first-order valence-electron chi connectivity index (χ1n) is 6.24. The molecule has 6 heteroatoms. The third kappa shape index (κ3) is 4.16. The summed E-state index contributed by atoms with van der Waals surface area (Å²) >= 11 is 1.52. The number of hydrogen-bond acceptors (Lipinski definition) is 4. The molecule has 0 radical (unpaired) electrons. The molecule has 0 spiro atoms. The summed E-state index contributed by atoms with van der Waals surface area (Å²) < 4.78 is 27.3. The summed E-state index contributed by atoms with van der Waals surface area (Å²) in [6, 6.07) is 6.84. The maximum atomic E-state index is 12.4. The highest BCUT2D eigenvalue weighted by Crippen LogP contribution is 2.17. The summed E-state index contributed by atoms with van der Waals surface area (Å²) in [7, 11) is -3.59. The van der Waals surface area contributed by atoms with Crippen LogP contribution in [0, 0.1) is 18.8 Å². The molecule has 0 aliphatic heterocycles. The van der Waals surface area contributed by atoms with Gasteiger partial charge in [-0.15, -0.1) is 0 Å². The number of rotatable bonds is 4. The lowest BCUT2D eigenvalue weighted by Crippen LogP contribution is -2.23. The fourth-order valence-electron chi connectivity index (χ4n) is 1.76. The van der Waals surface area contributed by atoms with Crippen LogP contribution in [0.4, 0.5) is 0 Å². The number of thiophene rings is 1. The van der Waals surface area contributed by atoms with Crippen LogP contribution in [-0.2, 0) is 16.6 Å². The first-order chi connectivity index (χ1) is 10.0. The summed E-state index contributed by atoms with van der Waals surface area (Å²) in [5, 5.41) is 12.5. The molecule has 0 amide bonds. The van der Waals surface area contributed by atoms with E-state index in [0.29, 0.717) is 11.1 Å². The maximum absolute atomic E-state index is 12.4. The lowest BCUT2D eigenvalue weighted by atomic mass is 10.1. The van der Waals surface area contributed by atoms with Crippen molar-refractivity contribution >= 4 is 21.4 Å². The van der Waals surface area contributed by atoms with Crippen molar-refractivity contribution in [2.75, 3.05) is 6.61 Å². The number of hydrogen-bond donors (Lipinski definition) is 2. The Morgan fingerprint density at radius 2 is 2.14 bits per heavy atom. The number of benzene rings is 1. The van der Waals surface area contributed by atoms with E-state index in [2.05, 4.69) is 16.6 Å². The molecule has 2 aromatic rings. The molecule has 2 rings (SSSR count). The van der Waals surface area contributed by atoms with Gasteiger partial charge in [-0.05, 0) is 47.0 Å². The third-order valence-electron chi connectivity index (χ3n) is 2.84. The van der Waals surface area contributed by atoms with Crippen LogP contribution in [0.15, 0.2) is 39.9 Å². The summed E-state index contributed by atoms with van der Waals surface area (Å²) in [4.78, 5) is 0.211. The fraction of sp³-hybridized carbons (Fsp3) is 0.200. The molecule has 1 aromatic carbocycles. The molecule has 110 valence electrons. The van der Waals surface area contributed by atoms with E-state index in [4.69, 9.17) is 5.11 Å². The van der Waals surface area contributed by atoms with Gasteiger partial charge in [0.15, 0.2) is 0 Å². The molecule has 0 aliphatic carbocycles. The zero-order chi connectivity index (χ0) is 15.3. The van der Waals surface area contributed by atoms with Crippen molar-refractivity contribution in [3.05, 3.63) is 51.7 Å². The average molecular weight is 321 g/mol. The predicted octanol–water partition coefficient (Wildman–Crippen LogP) is 1.88. The highest BCUT2D eigenvalue weighted by Gasteiger charge is 2.16. The number of aliphatic hydroxyl groups is 1. The molecular formula is C15H15NO3S2. The second kappa shape index (κ2) is 6.87. The smallest absolute Gasteiger partial charge is 0.241 e. The Hall–Kier alpha value is -1.65. The van der Waals surface area contributed by atoms with E-state index in [1.54, 1.807) is 19.1 Å². The lowest BCUT2D eigenvalue weighted by Gasteiger charge is -2.09. The lowest BCUT2D eigenvalue weighted by molar-refractivity contribution is 0.350. The van der Waals surface area contributed by atoms with Crippen LogP contribution < -0.4 is 4.72 Å². The van der Waals surface area contributed by atoms with Gasteiger partial charge in [-0.3, -0.25) is 0 Å². The molecule has 0 unspecified atom stereocenters. The zero-order valence-corrected chi connectivity index (χ0v) is 13.1. The number of aryl methyl sites for hydroxylation is 1. The Morgan fingerprint density at radius 3 is 2.81 bits per heavy atom. The van der Waals surface area contributed by atoms with Crippen molar-refractivity contribution in [3.63, 3.8) is 0 Å². The number of sulfonamides is 1. The molecule has 2 N–H and O–H groups in total. The van der Waals surface area contributed by atoms with Crippen molar-refractivity contribution < 1.29 is 13.5 Å². The van der Waals surface area contributed by atoms with Gasteiger partial charge in [-0.1, -0.05) is 17.9 Å². The van der Waals surface area contributed by atoms with E-state index in [1.165, 1.54) is 17.4 Å². The minimum absolute atomic E-state index is 0.211. The Kier molecular flexibility index (Phi) is 5.15. The Morgan fingerprint density at radius 1 is 1.33 bits per heavy atom. The molecule has 1 heterocycles. The van der Waals surface area contributed by atoms with Crippen LogP contribution in [0.1, 0.15) is 16.7 Å². The molecular weight excluding hydrogens is 306 g/mol. The molecule has 0 fully saturated rings. The van der Waals surface area contributed by atoms with Gasteiger partial charge in [-0.25, -0.2) is 13.1 Å². The Labute approximate surface area is 128 Å². The highest BCUT2D eigenvalue weighted by molar-refractivity contribution is 7.89. The summed E-state index contributed by atoms with van der Waals surface area (Å²) in [5.41, 5.74) is 2.14. The van der Waals surface area contributed by atoms with Crippen LogP contribution in [-0.4, -0.2) is 20.1 Å². The molecule has 0 bridgehead atoms. The summed E-state index contributed by atoms with van der Waals surface area (Å²) in [6.45, 7) is 1.74. The van der Waals surface area contributed by atoms with E-state index < -0.39 is 10.0 Å². The van der Waals surface area contributed by atoms with Gasteiger partial charge >= 0.3 is 0 Å². The van der Waals surface area contributed by atoms with Gasteiger partial charge < -0.3 is 5.11 Å². The average Bonchev–Trinajstić information content (AvgIpc) is 2.97. The topological polar surface area (TPSA) is 66.4 Å². The Bertz CT molecular complexity index is 769. The monoisotopic (exact) mass is 321 g/mol. The van der Waals surface area contributed by atoms with Crippen LogP contribution in [0.5, 0.6) is 0 Å². The minimum atomic E-state index is -3.59. The SMILES string of the molecule is Cc1ccc(C#CCO)cc1S(=O)(=O)NCc1ccsc1. The van der Waals surface area contributed by atoms with E-state index >= 15 is 0 Å². The third-order valence-corrected chi connectivity index (χ3v) is 5.11. The van der Waals surface area contributed by atoms with E-state index in [0.717, 1.165) is 5.56 Å². The number of aliphatic hydroxyl groups excluding tert-OH is 1. The van der Waals surface area contributed by atoms with Crippen molar-refractivity contribution in [1.29, 1.82) is 0 Å². The first kappa shape index (κ1) is 15.7. The summed E-state index contributed by atoms with van der Waals surface area (Å²) in [5.74, 6) is 5.22. The van der Waals surface area contributed by atoms with Gasteiger partial charge in [0.05, 0.1) is 4.90 Å². The van der Waals surface area contributed by atoms with Gasteiger partial charge in [-0.2, -0.15) is 11.3 Å². The van der Waals surface area contributed by atoms with Crippen LogP contribution in [0.2, 0.25) is 0 Å². The first-order valence-corrected chi connectivity index (χ1v) is 8.66. The summed E-state index contributed by atoms with van der Waals surface area (Å²) in [6.07, 6.45) is 0.